The smallest absolute Gasteiger partial charge is 0.150 e. The second kappa shape index (κ2) is 7.30. The Labute approximate surface area is 160 Å². The fraction of sp³-hybridized carbons (Fsp3) is 0.650. The second-order valence-electron chi connectivity index (χ2n) is 8.23. The summed E-state index contributed by atoms with van der Waals surface area (Å²) in [7, 11) is 0. The molecule has 0 unspecified atom stereocenters. The van der Waals surface area contributed by atoms with Crippen LogP contribution in [0, 0.1) is 0 Å². The molecule has 0 radical (unpaired) electrons. The van der Waals surface area contributed by atoms with Gasteiger partial charge in [-0.3, -0.25) is 14.8 Å². The normalized spacial score (nSPS) is 27.3. The minimum Gasteiger partial charge on any atom is -0.392 e. The first-order valence-electron chi connectivity index (χ1n) is 10.2. The summed E-state index contributed by atoms with van der Waals surface area (Å²) in [5, 5.41) is 19.4. The van der Waals surface area contributed by atoms with Crippen molar-refractivity contribution in [2.75, 3.05) is 13.1 Å². The minimum atomic E-state index is -0.307. The molecule has 2 aromatic heterocycles. The Hall–Kier alpha value is -1.83. The van der Waals surface area contributed by atoms with Gasteiger partial charge < -0.3 is 9.67 Å². The van der Waals surface area contributed by atoms with Gasteiger partial charge in [-0.2, -0.15) is 0 Å². The molecule has 0 amide bonds. The molecule has 5 rings (SSSR count). The van der Waals surface area contributed by atoms with E-state index in [0.29, 0.717) is 6.54 Å². The van der Waals surface area contributed by atoms with E-state index < -0.39 is 0 Å². The molecule has 1 N–H and O–H groups in total. The van der Waals surface area contributed by atoms with Crippen LogP contribution in [0.25, 0.3) is 0 Å². The van der Waals surface area contributed by atoms with E-state index in [-0.39, 0.29) is 12.1 Å². The number of fused-ring (bicyclic) bond motifs is 1. The Bertz CT molecular complexity index is 772. The van der Waals surface area contributed by atoms with Crippen molar-refractivity contribution in [3.8, 4) is 0 Å². The van der Waals surface area contributed by atoms with Crippen LogP contribution >= 0.6 is 0 Å². The SMILES string of the molecule is O[C@@H]1C[C@@H](c2nnc3n2CCN(C2CCCC2)C3)N(Cc2cccnc2)C1. The molecular weight excluding hydrogens is 340 g/mol. The number of β-amino-alcohol motifs (C(OH)–C–C–N with tert-alkyl or cyclic N) is 1. The summed E-state index contributed by atoms with van der Waals surface area (Å²) in [4.78, 5) is 9.14. The average molecular weight is 368 g/mol. The summed E-state index contributed by atoms with van der Waals surface area (Å²) in [6.45, 7) is 4.42. The van der Waals surface area contributed by atoms with Crippen LogP contribution in [-0.2, 0) is 19.6 Å². The zero-order chi connectivity index (χ0) is 18.2. The maximum atomic E-state index is 10.3. The number of aliphatic hydroxyl groups is 1. The molecule has 2 aromatic rings. The molecule has 144 valence electrons. The first kappa shape index (κ1) is 17.3. The van der Waals surface area contributed by atoms with Crippen LogP contribution < -0.4 is 0 Å². The van der Waals surface area contributed by atoms with E-state index >= 15 is 0 Å². The van der Waals surface area contributed by atoms with E-state index in [9.17, 15) is 5.11 Å². The Balaban J connectivity index is 1.35. The highest BCUT2D eigenvalue weighted by molar-refractivity contribution is 5.12. The van der Waals surface area contributed by atoms with E-state index in [1.807, 2.05) is 12.3 Å². The van der Waals surface area contributed by atoms with Crippen molar-refractivity contribution in [1.29, 1.82) is 0 Å². The van der Waals surface area contributed by atoms with Gasteiger partial charge in [0.25, 0.3) is 0 Å². The lowest BCUT2D eigenvalue weighted by molar-refractivity contribution is 0.149. The maximum Gasteiger partial charge on any atom is 0.150 e. The number of likely N-dealkylation sites (tertiary alicyclic amines) is 1. The van der Waals surface area contributed by atoms with Gasteiger partial charge in [-0.15, -0.1) is 10.2 Å². The number of rotatable bonds is 4. The van der Waals surface area contributed by atoms with Crippen molar-refractivity contribution >= 4 is 0 Å². The second-order valence-corrected chi connectivity index (χ2v) is 8.23. The molecule has 0 spiro atoms. The van der Waals surface area contributed by atoms with Crippen LogP contribution in [0.2, 0.25) is 0 Å². The fourth-order valence-electron chi connectivity index (χ4n) is 5.08. The average Bonchev–Trinajstić information content (AvgIpc) is 3.42. The Morgan fingerprint density at radius 1 is 1.15 bits per heavy atom. The van der Waals surface area contributed by atoms with Crippen molar-refractivity contribution < 1.29 is 5.11 Å². The van der Waals surface area contributed by atoms with Crippen LogP contribution in [0.5, 0.6) is 0 Å². The van der Waals surface area contributed by atoms with Crippen molar-refractivity contribution in [1.82, 2.24) is 29.5 Å². The first-order valence-corrected chi connectivity index (χ1v) is 10.2. The molecule has 2 aliphatic heterocycles. The van der Waals surface area contributed by atoms with Gasteiger partial charge in [0.1, 0.15) is 5.82 Å². The highest BCUT2D eigenvalue weighted by Gasteiger charge is 2.37. The van der Waals surface area contributed by atoms with Gasteiger partial charge in [0, 0.05) is 44.6 Å². The predicted molar refractivity (Wildman–Crippen MR) is 101 cm³/mol. The van der Waals surface area contributed by atoms with E-state index in [4.69, 9.17) is 0 Å². The van der Waals surface area contributed by atoms with Crippen molar-refractivity contribution in [2.45, 2.75) is 69.9 Å². The van der Waals surface area contributed by atoms with Crippen LogP contribution in [0.4, 0.5) is 0 Å². The summed E-state index contributed by atoms with van der Waals surface area (Å²) in [6, 6.07) is 4.91. The van der Waals surface area contributed by atoms with Crippen LogP contribution in [0.3, 0.4) is 0 Å². The minimum absolute atomic E-state index is 0.125. The van der Waals surface area contributed by atoms with Crippen LogP contribution in [0.15, 0.2) is 24.5 Å². The molecule has 2 atom stereocenters. The molecule has 3 aliphatic rings. The summed E-state index contributed by atoms with van der Waals surface area (Å²) < 4.78 is 2.31. The van der Waals surface area contributed by atoms with Gasteiger partial charge in [0.15, 0.2) is 5.82 Å². The molecule has 7 heteroatoms. The third-order valence-corrected chi connectivity index (χ3v) is 6.44. The van der Waals surface area contributed by atoms with Gasteiger partial charge >= 0.3 is 0 Å². The molecule has 0 aromatic carbocycles. The van der Waals surface area contributed by atoms with Gasteiger partial charge in [0.2, 0.25) is 0 Å². The van der Waals surface area contributed by atoms with Crippen molar-refractivity contribution in [3.05, 3.63) is 41.7 Å². The van der Waals surface area contributed by atoms with Crippen molar-refractivity contribution in [2.24, 2.45) is 0 Å². The standard InChI is InChI=1S/C20H28N6O/c27-17-10-18(25(13-17)12-15-4-3-7-21-11-15)20-23-22-19-14-24(8-9-26(19)20)16-5-1-2-6-16/h3-4,7,11,16-18,27H,1-2,5-6,8-10,12-14H2/t17-,18+/m1/s1. The Morgan fingerprint density at radius 2 is 2.04 bits per heavy atom. The summed E-state index contributed by atoms with van der Waals surface area (Å²) in [6.07, 6.45) is 9.50. The molecule has 7 nitrogen and oxygen atoms in total. The van der Waals surface area contributed by atoms with Gasteiger partial charge in [-0.1, -0.05) is 18.9 Å². The first-order chi connectivity index (χ1) is 13.3. The Kier molecular flexibility index (Phi) is 4.67. The van der Waals surface area contributed by atoms with Gasteiger partial charge in [-0.25, -0.2) is 0 Å². The predicted octanol–water partition coefficient (Wildman–Crippen LogP) is 1.74. The van der Waals surface area contributed by atoms with E-state index in [1.54, 1.807) is 6.20 Å². The topological polar surface area (TPSA) is 70.3 Å². The number of pyridine rings is 1. The van der Waals surface area contributed by atoms with E-state index in [1.165, 1.54) is 31.2 Å². The number of aromatic nitrogens is 4. The highest BCUT2D eigenvalue weighted by Crippen LogP contribution is 2.34. The summed E-state index contributed by atoms with van der Waals surface area (Å²) in [5.41, 5.74) is 1.17. The lowest BCUT2D eigenvalue weighted by atomic mass is 10.1. The number of hydrogen-bond acceptors (Lipinski definition) is 6. The molecular formula is C20H28N6O. The van der Waals surface area contributed by atoms with Crippen molar-refractivity contribution in [3.63, 3.8) is 0 Å². The maximum absolute atomic E-state index is 10.3. The third kappa shape index (κ3) is 3.39. The zero-order valence-electron chi connectivity index (χ0n) is 15.7. The molecule has 27 heavy (non-hydrogen) atoms. The zero-order valence-corrected chi connectivity index (χ0v) is 15.7. The lowest BCUT2D eigenvalue weighted by Crippen LogP contribution is -2.40. The largest absolute Gasteiger partial charge is 0.392 e. The number of hydrogen-bond donors (Lipinski definition) is 1. The highest BCUT2D eigenvalue weighted by atomic mass is 16.3. The van der Waals surface area contributed by atoms with Gasteiger partial charge in [-0.05, 0) is 30.9 Å². The monoisotopic (exact) mass is 368 g/mol. The number of nitrogens with zero attached hydrogens (tertiary/aromatic N) is 6. The fourth-order valence-corrected chi connectivity index (χ4v) is 5.08. The third-order valence-electron chi connectivity index (χ3n) is 6.44. The molecule has 0 bridgehead atoms. The van der Waals surface area contributed by atoms with Gasteiger partial charge in [0.05, 0.1) is 18.7 Å². The van der Waals surface area contributed by atoms with Crippen LogP contribution in [-0.4, -0.2) is 59.9 Å². The summed E-state index contributed by atoms with van der Waals surface area (Å²) in [5.74, 6) is 2.11. The van der Waals surface area contributed by atoms with Crippen LogP contribution in [0.1, 0.15) is 55.4 Å². The number of aliphatic hydroxyl groups excluding tert-OH is 1. The van der Waals surface area contributed by atoms with E-state index in [0.717, 1.165) is 50.3 Å². The molecule has 1 saturated heterocycles. The van der Waals surface area contributed by atoms with E-state index in [2.05, 4.69) is 35.6 Å². The molecule has 1 saturated carbocycles. The molecule has 4 heterocycles. The lowest BCUT2D eigenvalue weighted by Gasteiger charge is -2.33. The Morgan fingerprint density at radius 3 is 2.85 bits per heavy atom. The molecule has 2 fully saturated rings. The summed E-state index contributed by atoms with van der Waals surface area (Å²) >= 11 is 0. The molecule has 1 aliphatic carbocycles. The quantitative estimate of drug-likeness (QED) is 0.886.